The number of ether oxygens (including phenoxy) is 1. The molecule has 2 fully saturated rings. The van der Waals surface area contributed by atoms with Crippen LogP contribution in [-0.4, -0.2) is 47.6 Å². The van der Waals surface area contributed by atoms with Crippen LogP contribution in [0.2, 0.25) is 0 Å². The average molecular weight is 301 g/mol. The highest BCUT2D eigenvalue weighted by molar-refractivity contribution is 8.00. The molecule has 18 heavy (non-hydrogen) atoms. The van der Waals surface area contributed by atoms with Crippen LogP contribution in [0.25, 0.3) is 0 Å². The Bertz CT molecular complexity index is 270. The SMILES string of the molecule is FC(F)(F)SCCNC1CCOC2(CCSC2)C1. The van der Waals surface area contributed by atoms with Crippen molar-refractivity contribution < 1.29 is 17.9 Å². The summed E-state index contributed by atoms with van der Waals surface area (Å²) in [6.45, 7) is 1.14. The van der Waals surface area contributed by atoms with Gasteiger partial charge in [-0.3, -0.25) is 0 Å². The summed E-state index contributed by atoms with van der Waals surface area (Å²) in [5.41, 5.74) is -4.11. The molecule has 0 bridgehead atoms. The van der Waals surface area contributed by atoms with Gasteiger partial charge < -0.3 is 10.1 Å². The van der Waals surface area contributed by atoms with Crippen LogP contribution in [-0.2, 0) is 4.74 Å². The molecule has 0 aromatic heterocycles. The van der Waals surface area contributed by atoms with Crippen molar-refractivity contribution in [3.63, 3.8) is 0 Å². The van der Waals surface area contributed by atoms with Crippen LogP contribution < -0.4 is 5.32 Å². The second kappa shape index (κ2) is 6.24. The Kier molecular flexibility index (Phi) is 5.13. The van der Waals surface area contributed by atoms with Gasteiger partial charge in [0.25, 0.3) is 0 Å². The molecule has 2 unspecified atom stereocenters. The highest BCUT2D eigenvalue weighted by Gasteiger charge is 2.40. The summed E-state index contributed by atoms with van der Waals surface area (Å²) in [5, 5.41) is 3.24. The van der Waals surface area contributed by atoms with E-state index in [9.17, 15) is 13.2 Å². The molecule has 0 aliphatic carbocycles. The van der Waals surface area contributed by atoms with Gasteiger partial charge in [-0.25, -0.2) is 0 Å². The van der Waals surface area contributed by atoms with E-state index in [4.69, 9.17) is 4.74 Å². The number of nitrogens with one attached hydrogen (secondary N) is 1. The Balaban J connectivity index is 1.67. The largest absolute Gasteiger partial charge is 0.441 e. The minimum atomic E-state index is -4.11. The van der Waals surface area contributed by atoms with Crippen molar-refractivity contribution in [3.8, 4) is 0 Å². The Morgan fingerprint density at radius 3 is 2.94 bits per heavy atom. The van der Waals surface area contributed by atoms with E-state index >= 15 is 0 Å². The Hall–Kier alpha value is 0.410. The van der Waals surface area contributed by atoms with E-state index in [2.05, 4.69) is 5.32 Å². The summed E-state index contributed by atoms with van der Waals surface area (Å²) in [4.78, 5) is 0. The molecule has 0 saturated carbocycles. The van der Waals surface area contributed by atoms with Crippen molar-refractivity contribution in [3.05, 3.63) is 0 Å². The van der Waals surface area contributed by atoms with E-state index in [0.29, 0.717) is 12.6 Å². The molecule has 2 aliphatic rings. The van der Waals surface area contributed by atoms with E-state index in [0.717, 1.165) is 37.4 Å². The highest BCUT2D eigenvalue weighted by Crippen LogP contribution is 2.38. The van der Waals surface area contributed by atoms with Crippen LogP contribution in [0.15, 0.2) is 0 Å². The highest BCUT2D eigenvalue weighted by atomic mass is 32.2. The zero-order valence-corrected chi connectivity index (χ0v) is 11.7. The van der Waals surface area contributed by atoms with Gasteiger partial charge in [0.15, 0.2) is 0 Å². The molecule has 0 aromatic carbocycles. The Labute approximate surface area is 114 Å². The maximum atomic E-state index is 12.0. The summed E-state index contributed by atoms with van der Waals surface area (Å²) in [6.07, 6.45) is 2.92. The first-order valence-corrected chi connectivity index (χ1v) is 8.29. The number of alkyl halides is 3. The third-order valence-corrected chi connectivity index (χ3v) is 5.32. The van der Waals surface area contributed by atoms with Gasteiger partial charge in [-0.05, 0) is 36.8 Å². The first-order valence-electron chi connectivity index (χ1n) is 6.15. The van der Waals surface area contributed by atoms with E-state index in [-0.39, 0.29) is 23.1 Å². The molecule has 2 atom stereocenters. The lowest BCUT2D eigenvalue weighted by molar-refractivity contribution is -0.0698. The first-order chi connectivity index (χ1) is 8.49. The molecule has 2 rings (SSSR count). The summed E-state index contributed by atoms with van der Waals surface area (Å²) in [5.74, 6) is 2.25. The number of halogens is 3. The quantitative estimate of drug-likeness (QED) is 0.806. The zero-order chi connectivity index (χ0) is 13.1. The van der Waals surface area contributed by atoms with E-state index < -0.39 is 5.51 Å². The van der Waals surface area contributed by atoms with Gasteiger partial charge >= 0.3 is 5.51 Å². The van der Waals surface area contributed by atoms with Crippen LogP contribution in [0, 0.1) is 0 Å². The molecule has 1 N–H and O–H groups in total. The summed E-state index contributed by atoms with van der Waals surface area (Å²) < 4.78 is 41.8. The normalized spacial score (nSPS) is 33.2. The Morgan fingerprint density at radius 1 is 1.44 bits per heavy atom. The maximum Gasteiger partial charge on any atom is 0.441 e. The van der Waals surface area contributed by atoms with Crippen LogP contribution >= 0.6 is 23.5 Å². The van der Waals surface area contributed by atoms with Crippen molar-refractivity contribution >= 4 is 23.5 Å². The minimum Gasteiger partial charge on any atom is -0.374 e. The van der Waals surface area contributed by atoms with Gasteiger partial charge in [0, 0.05) is 30.7 Å². The molecular weight excluding hydrogens is 283 g/mol. The van der Waals surface area contributed by atoms with Gasteiger partial charge in [0.1, 0.15) is 0 Å². The fraction of sp³-hybridized carbons (Fsp3) is 1.00. The molecule has 0 amide bonds. The van der Waals surface area contributed by atoms with Crippen LogP contribution in [0.3, 0.4) is 0 Å². The van der Waals surface area contributed by atoms with Gasteiger partial charge in [-0.15, -0.1) is 0 Å². The van der Waals surface area contributed by atoms with Gasteiger partial charge in [0.2, 0.25) is 0 Å². The lowest BCUT2D eigenvalue weighted by Crippen LogP contribution is -2.47. The van der Waals surface area contributed by atoms with Gasteiger partial charge in [-0.1, -0.05) is 0 Å². The smallest absolute Gasteiger partial charge is 0.374 e. The van der Waals surface area contributed by atoms with Crippen LogP contribution in [0.1, 0.15) is 19.3 Å². The standard InChI is InChI=1S/C11H18F3NOS2/c12-11(13,14)18-6-3-15-9-1-4-16-10(7-9)2-5-17-8-10/h9,15H,1-8H2. The molecule has 0 radical (unpaired) electrons. The summed E-state index contributed by atoms with van der Waals surface area (Å²) in [6, 6.07) is 0.311. The van der Waals surface area contributed by atoms with Gasteiger partial charge in [0.05, 0.1) is 5.60 Å². The second-order valence-corrected chi connectivity index (χ2v) is 7.04. The first kappa shape index (κ1) is 14.8. The summed E-state index contributed by atoms with van der Waals surface area (Å²) >= 11 is 1.96. The summed E-state index contributed by atoms with van der Waals surface area (Å²) in [7, 11) is 0. The number of hydrogen-bond acceptors (Lipinski definition) is 4. The number of rotatable bonds is 4. The molecule has 106 valence electrons. The van der Waals surface area contributed by atoms with Crippen molar-refractivity contribution in [1.29, 1.82) is 0 Å². The molecular formula is C11H18F3NOS2. The molecule has 0 aromatic rings. The third-order valence-electron chi connectivity index (χ3n) is 3.36. The number of thioether (sulfide) groups is 2. The molecule has 2 aliphatic heterocycles. The van der Waals surface area contributed by atoms with Crippen molar-refractivity contribution in [2.24, 2.45) is 0 Å². The number of hydrogen-bond donors (Lipinski definition) is 1. The van der Waals surface area contributed by atoms with Crippen molar-refractivity contribution in [2.45, 2.75) is 36.4 Å². The topological polar surface area (TPSA) is 21.3 Å². The predicted octanol–water partition coefficient (Wildman–Crippen LogP) is 2.88. The van der Waals surface area contributed by atoms with Crippen molar-refractivity contribution in [2.75, 3.05) is 30.4 Å². The van der Waals surface area contributed by atoms with Crippen molar-refractivity contribution in [1.82, 2.24) is 5.32 Å². The monoisotopic (exact) mass is 301 g/mol. The Morgan fingerprint density at radius 2 is 2.28 bits per heavy atom. The third kappa shape index (κ3) is 4.51. The molecule has 7 heteroatoms. The van der Waals surface area contributed by atoms with E-state index in [1.54, 1.807) is 0 Å². The zero-order valence-electron chi connectivity index (χ0n) is 10.1. The van der Waals surface area contributed by atoms with E-state index in [1.807, 2.05) is 11.8 Å². The molecule has 2 nitrogen and oxygen atoms in total. The van der Waals surface area contributed by atoms with Gasteiger partial charge in [-0.2, -0.15) is 24.9 Å². The minimum absolute atomic E-state index is 0.00223. The predicted molar refractivity (Wildman–Crippen MR) is 70.2 cm³/mol. The lowest BCUT2D eigenvalue weighted by Gasteiger charge is -2.38. The molecule has 2 heterocycles. The molecule has 2 saturated heterocycles. The van der Waals surface area contributed by atoms with Crippen LogP contribution in [0.4, 0.5) is 13.2 Å². The average Bonchev–Trinajstić information content (AvgIpc) is 2.72. The fourth-order valence-electron chi connectivity index (χ4n) is 2.50. The lowest BCUT2D eigenvalue weighted by atomic mass is 9.90. The maximum absolute atomic E-state index is 12.0. The fourth-order valence-corrected chi connectivity index (χ4v) is 4.32. The van der Waals surface area contributed by atoms with Crippen LogP contribution in [0.5, 0.6) is 0 Å². The molecule has 1 spiro atoms. The van der Waals surface area contributed by atoms with E-state index in [1.165, 1.54) is 0 Å². The second-order valence-electron chi connectivity index (χ2n) is 4.77.